The zero-order valence-corrected chi connectivity index (χ0v) is 19.9. The molecule has 2 unspecified atom stereocenters. The number of aryl methyl sites for hydroxylation is 1. The molecular formula is C23H35N3O4S. The van der Waals surface area contributed by atoms with Gasteiger partial charge in [-0.2, -0.15) is 0 Å². The lowest BCUT2D eigenvalue weighted by atomic mass is 9.90. The fraction of sp³-hybridized carbons (Fsp3) is 0.696. The molecule has 2 atom stereocenters. The molecule has 1 fully saturated rings. The topological polar surface area (TPSA) is 87.7 Å². The molecule has 1 aromatic heterocycles. The maximum absolute atomic E-state index is 13.1. The van der Waals surface area contributed by atoms with Crippen LogP contribution >= 0.6 is 11.3 Å². The zero-order chi connectivity index (χ0) is 22.6. The number of piperidine rings is 1. The van der Waals surface area contributed by atoms with Gasteiger partial charge in [0.1, 0.15) is 5.60 Å². The minimum absolute atomic E-state index is 0.0520. The van der Waals surface area contributed by atoms with Crippen LogP contribution in [0.4, 0.5) is 4.79 Å². The van der Waals surface area contributed by atoms with E-state index >= 15 is 0 Å². The number of hydrogen-bond donors (Lipinski definition) is 2. The number of amides is 3. The van der Waals surface area contributed by atoms with Crippen molar-refractivity contribution in [2.75, 3.05) is 26.2 Å². The van der Waals surface area contributed by atoms with Gasteiger partial charge in [-0.05, 0) is 70.4 Å². The largest absolute Gasteiger partial charge is 0.444 e. The summed E-state index contributed by atoms with van der Waals surface area (Å²) in [6.07, 6.45) is 4.41. The summed E-state index contributed by atoms with van der Waals surface area (Å²) in [7, 11) is 0. The normalized spacial score (nSPS) is 21.2. The Morgan fingerprint density at radius 1 is 1.19 bits per heavy atom. The molecule has 2 aliphatic rings. The van der Waals surface area contributed by atoms with Gasteiger partial charge in [-0.25, -0.2) is 4.79 Å². The predicted octanol–water partition coefficient (Wildman–Crippen LogP) is 3.37. The Morgan fingerprint density at radius 2 is 1.94 bits per heavy atom. The number of carbonyl (C=O) groups excluding carboxylic acids is 3. The number of carbonyl (C=O) groups is 3. The van der Waals surface area contributed by atoms with Gasteiger partial charge in [0.25, 0.3) is 5.91 Å². The molecule has 0 spiro atoms. The quantitative estimate of drug-likeness (QED) is 0.675. The molecule has 0 bridgehead atoms. The number of rotatable bonds is 5. The predicted molar refractivity (Wildman–Crippen MR) is 121 cm³/mol. The molecule has 31 heavy (non-hydrogen) atoms. The van der Waals surface area contributed by atoms with Crippen LogP contribution in [0.2, 0.25) is 0 Å². The van der Waals surface area contributed by atoms with Crippen molar-refractivity contribution in [3.8, 4) is 0 Å². The average Bonchev–Trinajstić information content (AvgIpc) is 3.12. The number of ether oxygens (including phenoxy) is 1. The Kier molecular flexibility index (Phi) is 7.62. The van der Waals surface area contributed by atoms with Crippen molar-refractivity contribution in [2.24, 2.45) is 11.8 Å². The molecule has 172 valence electrons. The van der Waals surface area contributed by atoms with E-state index in [1.54, 1.807) is 32.1 Å². The van der Waals surface area contributed by atoms with Crippen molar-refractivity contribution in [1.82, 2.24) is 15.5 Å². The van der Waals surface area contributed by atoms with Crippen LogP contribution in [0.1, 0.15) is 67.1 Å². The van der Waals surface area contributed by atoms with Crippen molar-refractivity contribution in [3.05, 3.63) is 21.4 Å². The lowest BCUT2D eigenvalue weighted by Crippen LogP contribution is -2.46. The molecule has 1 aliphatic carbocycles. The summed E-state index contributed by atoms with van der Waals surface area (Å²) in [6, 6.07) is 2.07. The van der Waals surface area contributed by atoms with Crippen LogP contribution in [0.3, 0.4) is 0 Å². The maximum atomic E-state index is 13.1. The Morgan fingerprint density at radius 3 is 2.68 bits per heavy atom. The molecule has 3 amide bonds. The first kappa shape index (κ1) is 23.6. The Hall–Kier alpha value is -2.09. The number of fused-ring (bicyclic) bond motifs is 1. The van der Waals surface area contributed by atoms with Crippen molar-refractivity contribution < 1.29 is 19.1 Å². The summed E-state index contributed by atoms with van der Waals surface area (Å²) in [5, 5.41) is 5.50. The van der Waals surface area contributed by atoms with Gasteiger partial charge in [-0.1, -0.05) is 6.92 Å². The van der Waals surface area contributed by atoms with Crippen LogP contribution < -0.4 is 10.6 Å². The van der Waals surface area contributed by atoms with Gasteiger partial charge in [0, 0.05) is 31.1 Å². The molecule has 1 aromatic rings. The van der Waals surface area contributed by atoms with Gasteiger partial charge in [-0.15, -0.1) is 11.3 Å². The third-order valence-electron chi connectivity index (χ3n) is 5.71. The summed E-state index contributed by atoms with van der Waals surface area (Å²) >= 11 is 1.63. The first-order chi connectivity index (χ1) is 14.6. The Labute approximate surface area is 188 Å². The van der Waals surface area contributed by atoms with E-state index in [-0.39, 0.29) is 17.7 Å². The molecule has 2 N–H and O–H groups in total. The molecule has 8 heteroatoms. The average molecular weight is 450 g/mol. The Bertz CT molecular complexity index is 814. The monoisotopic (exact) mass is 449 g/mol. The highest BCUT2D eigenvalue weighted by Crippen LogP contribution is 2.33. The van der Waals surface area contributed by atoms with Crippen molar-refractivity contribution >= 4 is 29.2 Å². The molecule has 0 radical (unpaired) electrons. The SMILES string of the molecule is CC1CCc2sc(C(=O)N3CCCC(C(=O)NCCNC(=O)OC(C)(C)C)C3)cc2C1. The lowest BCUT2D eigenvalue weighted by molar-refractivity contribution is -0.126. The standard InChI is InChI=1S/C23H35N3O4S/c1-15-7-8-18-17(12-15)13-19(31-18)21(28)26-11-5-6-16(14-26)20(27)24-9-10-25-22(29)30-23(2,3)4/h13,15-16H,5-12,14H2,1-4H3,(H,24,27)(H,25,29). The number of alkyl carbamates (subject to hydrolysis) is 1. The minimum atomic E-state index is -0.550. The Balaban J connectivity index is 1.46. The fourth-order valence-corrected chi connectivity index (χ4v) is 5.33. The minimum Gasteiger partial charge on any atom is -0.444 e. The summed E-state index contributed by atoms with van der Waals surface area (Å²) in [4.78, 5) is 41.3. The van der Waals surface area contributed by atoms with E-state index in [1.807, 2.05) is 4.90 Å². The van der Waals surface area contributed by atoms with Crippen molar-refractivity contribution in [1.29, 1.82) is 0 Å². The highest BCUT2D eigenvalue weighted by Gasteiger charge is 2.30. The molecule has 3 rings (SSSR count). The van der Waals surface area contributed by atoms with Crippen LogP contribution in [0.15, 0.2) is 6.07 Å². The summed E-state index contributed by atoms with van der Waals surface area (Å²) < 4.78 is 5.17. The second-order valence-corrected chi connectivity index (χ2v) is 10.9. The second kappa shape index (κ2) is 10.0. The highest BCUT2D eigenvalue weighted by molar-refractivity contribution is 7.14. The fourth-order valence-electron chi connectivity index (χ4n) is 4.15. The third-order valence-corrected chi connectivity index (χ3v) is 6.94. The number of thiophene rings is 1. The van der Waals surface area contributed by atoms with Crippen LogP contribution in [0.25, 0.3) is 0 Å². The number of likely N-dealkylation sites (tertiary alicyclic amines) is 1. The van der Waals surface area contributed by atoms with E-state index < -0.39 is 11.7 Å². The summed E-state index contributed by atoms with van der Waals surface area (Å²) in [6.45, 7) is 9.45. The first-order valence-corrected chi connectivity index (χ1v) is 12.1. The molecule has 7 nitrogen and oxygen atoms in total. The molecule has 0 aromatic carbocycles. The second-order valence-electron chi connectivity index (χ2n) is 9.72. The molecule has 1 saturated heterocycles. The van der Waals surface area contributed by atoms with Gasteiger partial charge in [-0.3, -0.25) is 9.59 Å². The van der Waals surface area contributed by atoms with Gasteiger partial charge in [0.2, 0.25) is 5.91 Å². The lowest BCUT2D eigenvalue weighted by Gasteiger charge is -2.31. The van der Waals surface area contributed by atoms with E-state index in [0.29, 0.717) is 32.1 Å². The van der Waals surface area contributed by atoms with Crippen molar-refractivity contribution in [2.45, 2.75) is 65.4 Å². The van der Waals surface area contributed by atoms with Gasteiger partial charge >= 0.3 is 6.09 Å². The number of nitrogens with zero attached hydrogens (tertiary/aromatic N) is 1. The van der Waals surface area contributed by atoms with E-state index in [4.69, 9.17) is 4.74 Å². The third kappa shape index (κ3) is 6.69. The van der Waals surface area contributed by atoms with Crippen LogP contribution in [-0.2, 0) is 22.4 Å². The number of hydrogen-bond acceptors (Lipinski definition) is 5. The summed E-state index contributed by atoms with van der Waals surface area (Å²) in [5.74, 6) is 0.450. The van der Waals surface area contributed by atoms with E-state index in [2.05, 4.69) is 23.6 Å². The van der Waals surface area contributed by atoms with Crippen LogP contribution in [-0.4, -0.2) is 54.6 Å². The van der Waals surface area contributed by atoms with Gasteiger partial charge in [0.05, 0.1) is 10.8 Å². The van der Waals surface area contributed by atoms with E-state index in [1.165, 1.54) is 16.9 Å². The molecule has 1 aliphatic heterocycles. The van der Waals surface area contributed by atoms with E-state index in [9.17, 15) is 14.4 Å². The molecule has 2 heterocycles. The van der Waals surface area contributed by atoms with Crippen LogP contribution in [0, 0.1) is 11.8 Å². The van der Waals surface area contributed by atoms with Crippen LogP contribution in [0.5, 0.6) is 0 Å². The molecule has 0 saturated carbocycles. The van der Waals surface area contributed by atoms with Crippen molar-refractivity contribution in [3.63, 3.8) is 0 Å². The first-order valence-electron chi connectivity index (χ1n) is 11.3. The van der Waals surface area contributed by atoms with Gasteiger partial charge in [0.15, 0.2) is 0 Å². The summed E-state index contributed by atoms with van der Waals surface area (Å²) in [5.41, 5.74) is 0.779. The van der Waals surface area contributed by atoms with E-state index in [0.717, 1.165) is 30.6 Å². The molecular weight excluding hydrogens is 414 g/mol. The zero-order valence-electron chi connectivity index (χ0n) is 19.1. The smallest absolute Gasteiger partial charge is 0.407 e. The maximum Gasteiger partial charge on any atom is 0.407 e. The highest BCUT2D eigenvalue weighted by atomic mass is 32.1. The van der Waals surface area contributed by atoms with Gasteiger partial charge < -0.3 is 20.3 Å². The number of nitrogens with one attached hydrogen (secondary N) is 2.